The zero-order chi connectivity index (χ0) is 31.1. The molecule has 2 aromatic rings. The molecular formula is C33H44N2O7. The van der Waals surface area contributed by atoms with Gasteiger partial charge in [-0.2, -0.15) is 0 Å². The number of fused-ring (bicyclic) bond motifs is 1. The van der Waals surface area contributed by atoms with Gasteiger partial charge in [-0.3, -0.25) is 4.79 Å². The van der Waals surface area contributed by atoms with Crippen LogP contribution in [0.15, 0.2) is 49.6 Å². The summed E-state index contributed by atoms with van der Waals surface area (Å²) in [5.41, 5.74) is -0.0245. The minimum Gasteiger partial charge on any atom is -0.496 e. The monoisotopic (exact) mass is 580 g/mol. The summed E-state index contributed by atoms with van der Waals surface area (Å²) >= 11 is 0. The van der Waals surface area contributed by atoms with Crippen molar-refractivity contribution in [2.75, 3.05) is 34.5 Å². The van der Waals surface area contributed by atoms with E-state index in [2.05, 4.69) is 18.5 Å². The van der Waals surface area contributed by atoms with Crippen LogP contribution in [0.1, 0.15) is 57.6 Å². The van der Waals surface area contributed by atoms with Gasteiger partial charge in [0.2, 0.25) is 5.91 Å². The molecule has 1 aliphatic heterocycles. The molecule has 1 aliphatic rings. The molecule has 42 heavy (non-hydrogen) atoms. The maximum absolute atomic E-state index is 14.1. The molecule has 2 aromatic carbocycles. The summed E-state index contributed by atoms with van der Waals surface area (Å²) in [7, 11) is 4.48. The number of hydrogen-bond acceptors (Lipinski definition) is 7. The first-order valence-electron chi connectivity index (χ1n) is 14.2. The van der Waals surface area contributed by atoms with Crippen LogP contribution in [0.4, 0.5) is 4.79 Å². The molecule has 0 aliphatic carbocycles. The van der Waals surface area contributed by atoms with Gasteiger partial charge in [0.15, 0.2) is 0 Å². The SMILES string of the molecule is C=CCCCCOC(=O)N[C@H](C(=O)N1C[C@](OC)(c2ccc3cc(OC)c(C=C)cc3c2)C[C@H]1C(=O)OC)C(C)(C)C. The predicted molar refractivity (Wildman–Crippen MR) is 163 cm³/mol. The van der Waals surface area contributed by atoms with Crippen LogP contribution in [-0.4, -0.2) is 69.4 Å². The van der Waals surface area contributed by atoms with E-state index < -0.39 is 41.1 Å². The van der Waals surface area contributed by atoms with E-state index in [9.17, 15) is 14.4 Å². The molecule has 0 radical (unpaired) electrons. The van der Waals surface area contributed by atoms with Crippen LogP contribution in [0.25, 0.3) is 16.8 Å². The van der Waals surface area contributed by atoms with E-state index in [-0.39, 0.29) is 19.6 Å². The van der Waals surface area contributed by atoms with Crippen molar-refractivity contribution in [3.63, 3.8) is 0 Å². The fourth-order valence-electron chi connectivity index (χ4n) is 5.37. The maximum Gasteiger partial charge on any atom is 0.407 e. The van der Waals surface area contributed by atoms with Crippen LogP contribution in [-0.2, 0) is 29.4 Å². The van der Waals surface area contributed by atoms with Crippen molar-refractivity contribution in [2.45, 2.75) is 64.1 Å². The maximum atomic E-state index is 14.1. The molecule has 1 fully saturated rings. The first-order chi connectivity index (χ1) is 19.9. The van der Waals surface area contributed by atoms with Crippen LogP contribution in [0.2, 0.25) is 0 Å². The van der Waals surface area contributed by atoms with E-state index in [0.717, 1.165) is 34.7 Å². The van der Waals surface area contributed by atoms with Crippen molar-refractivity contribution in [3.8, 4) is 5.75 Å². The van der Waals surface area contributed by atoms with Crippen molar-refractivity contribution >= 4 is 34.8 Å². The Morgan fingerprint density at radius 2 is 1.83 bits per heavy atom. The number of likely N-dealkylation sites (tertiary alicyclic amines) is 1. The van der Waals surface area contributed by atoms with Crippen molar-refractivity contribution in [1.29, 1.82) is 0 Å². The first-order valence-corrected chi connectivity index (χ1v) is 14.2. The molecule has 0 aromatic heterocycles. The Morgan fingerprint density at radius 1 is 1.10 bits per heavy atom. The van der Waals surface area contributed by atoms with E-state index in [0.29, 0.717) is 12.2 Å². The van der Waals surface area contributed by atoms with Gasteiger partial charge in [0.25, 0.3) is 0 Å². The Labute approximate surface area is 248 Å². The molecule has 1 heterocycles. The molecule has 9 heteroatoms. The number of unbranched alkanes of at least 4 members (excludes halogenated alkanes) is 2. The molecule has 9 nitrogen and oxygen atoms in total. The van der Waals surface area contributed by atoms with Gasteiger partial charge in [-0.05, 0) is 59.2 Å². The fraction of sp³-hybridized carbons (Fsp3) is 0.485. The first kappa shape index (κ1) is 32.7. The molecule has 3 rings (SSSR count). The third-order valence-corrected chi connectivity index (χ3v) is 7.82. The van der Waals surface area contributed by atoms with E-state index in [1.165, 1.54) is 12.0 Å². The number of carbonyl (C=O) groups is 3. The number of rotatable bonds is 12. The molecule has 3 atom stereocenters. The third-order valence-electron chi connectivity index (χ3n) is 7.82. The number of carbonyl (C=O) groups excluding carboxylic acids is 3. The second-order valence-corrected chi connectivity index (χ2v) is 11.6. The summed E-state index contributed by atoms with van der Waals surface area (Å²) in [6, 6.07) is 7.93. The standard InChI is InChI=1S/C33H44N2O7/c1-9-11-12-13-16-42-31(38)34-28(32(3,4)5)29(36)35-21-33(41-8,20-26(35)30(37)40-7)25-15-14-23-19-27(39-6)22(10-2)17-24(23)18-25/h9-10,14-15,17-19,26,28H,1-2,11-13,16,20-21H2,3-8H3,(H,34,38)/t26-,28+,33-/m0/s1. The van der Waals surface area contributed by atoms with E-state index in [1.54, 1.807) is 20.3 Å². The van der Waals surface area contributed by atoms with Crippen molar-refractivity contribution in [2.24, 2.45) is 5.41 Å². The number of nitrogens with one attached hydrogen (secondary N) is 1. The average molecular weight is 581 g/mol. The quantitative estimate of drug-likeness (QED) is 0.198. The molecule has 228 valence electrons. The lowest BCUT2D eigenvalue weighted by atomic mass is 9.85. The number of allylic oxidation sites excluding steroid dienone is 1. The minimum atomic E-state index is -0.995. The van der Waals surface area contributed by atoms with Gasteiger partial charge < -0.3 is 29.2 Å². The number of nitrogens with zero attached hydrogens (tertiary/aromatic N) is 1. The summed E-state index contributed by atoms with van der Waals surface area (Å²) < 4.78 is 22.1. The lowest BCUT2D eigenvalue weighted by molar-refractivity contribution is -0.152. The van der Waals surface area contributed by atoms with Crippen molar-refractivity contribution in [1.82, 2.24) is 10.2 Å². The fourth-order valence-corrected chi connectivity index (χ4v) is 5.37. The van der Waals surface area contributed by atoms with Gasteiger partial charge in [-0.15, -0.1) is 6.58 Å². The third kappa shape index (κ3) is 7.13. The summed E-state index contributed by atoms with van der Waals surface area (Å²) in [6.45, 7) is 13.4. The van der Waals surface area contributed by atoms with E-state index >= 15 is 0 Å². The summed E-state index contributed by atoms with van der Waals surface area (Å²) in [5.74, 6) is -0.259. The Hall–Kier alpha value is -3.85. The van der Waals surface area contributed by atoms with Crippen LogP contribution >= 0.6 is 0 Å². The number of esters is 1. The summed E-state index contributed by atoms with van der Waals surface area (Å²) in [6.07, 6.45) is 5.41. The molecule has 2 amide bonds. The minimum absolute atomic E-state index is 0.0862. The van der Waals surface area contributed by atoms with Crippen LogP contribution < -0.4 is 10.1 Å². The van der Waals surface area contributed by atoms with E-state index in [4.69, 9.17) is 18.9 Å². The van der Waals surface area contributed by atoms with Crippen LogP contribution in [0.5, 0.6) is 5.75 Å². The number of benzene rings is 2. The molecule has 1 saturated heterocycles. The Kier molecular flexibility index (Phi) is 10.8. The highest BCUT2D eigenvalue weighted by molar-refractivity contribution is 5.92. The number of hydrogen-bond donors (Lipinski definition) is 1. The van der Waals surface area contributed by atoms with Gasteiger partial charge in [-0.1, -0.05) is 51.6 Å². The van der Waals surface area contributed by atoms with Crippen molar-refractivity contribution < 1.29 is 33.3 Å². The average Bonchev–Trinajstić information content (AvgIpc) is 3.38. The normalized spacial score (nSPS) is 19.2. The molecule has 0 spiro atoms. The topological polar surface area (TPSA) is 103 Å². The largest absolute Gasteiger partial charge is 0.496 e. The lowest BCUT2D eigenvalue weighted by Gasteiger charge is -2.35. The van der Waals surface area contributed by atoms with Gasteiger partial charge in [-0.25, -0.2) is 9.59 Å². The molecule has 0 bridgehead atoms. The number of amides is 2. The highest BCUT2D eigenvalue weighted by Crippen LogP contribution is 2.42. The Bertz CT molecular complexity index is 1320. The van der Waals surface area contributed by atoms with Gasteiger partial charge in [0.05, 0.1) is 27.4 Å². The second-order valence-electron chi connectivity index (χ2n) is 11.6. The molecule has 0 unspecified atom stereocenters. The van der Waals surface area contributed by atoms with Crippen LogP contribution in [0, 0.1) is 5.41 Å². The van der Waals surface area contributed by atoms with Gasteiger partial charge >= 0.3 is 12.1 Å². The zero-order valence-corrected chi connectivity index (χ0v) is 25.7. The number of ether oxygens (including phenoxy) is 4. The Morgan fingerprint density at radius 3 is 2.43 bits per heavy atom. The van der Waals surface area contributed by atoms with Gasteiger partial charge in [0.1, 0.15) is 23.4 Å². The summed E-state index contributed by atoms with van der Waals surface area (Å²) in [4.78, 5) is 41.3. The second kappa shape index (κ2) is 13.9. The van der Waals surface area contributed by atoms with Crippen molar-refractivity contribution in [3.05, 3.63) is 60.7 Å². The van der Waals surface area contributed by atoms with Gasteiger partial charge in [0, 0.05) is 19.1 Å². The lowest BCUT2D eigenvalue weighted by Crippen LogP contribution is -2.57. The number of methoxy groups -OCH3 is 3. The van der Waals surface area contributed by atoms with E-state index in [1.807, 2.05) is 57.2 Å². The predicted octanol–water partition coefficient (Wildman–Crippen LogP) is 5.60. The molecular weight excluding hydrogens is 536 g/mol. The molecule has 0 saturated carbocycles. The Balaban J connectivity index is 1.95. The number of alkyl carbamates (subject to hydrolysis) is 1. The highest BCUT2D eigenvalue weighted by Gasteiger charge is 2.53. The smallest absolute Gasteiger partial charge is 0.407 e. The summed E-state index contributed by atoms with van der Waals surface area (Å²) in [5, 5.41) is 4.64. The highest BCUT2D eigenvalue weighted by atomic mass is 16.5. The van der Waals surface area contributed by atoms with Crippen LogP contribution in [0.3, 0.4) is 0 Å². The molecule has 1 N–H and O–H groups in total. The zero-order valence-electron chi connectivity index (χ0n) is 25.7.